The zero-order valence-corrected chi connectivity index (χ0v) is 15.1. The Morgan fingerprint density at radius 2 is 2.20 bits per heavy atom. The molecule has 2 aromatic heterocycles. The monoisotopic (exact) mass is 364 g/mol. The van der Waals surface area contributed by atoms with Crippen LogP contribution in [0.15, 0.2) is 17.8 Å². The second-order valence-corrected chi connectivity index (χ2v) is 7.95. The molecule has 0 spiro atoms. The van der Waals surface area contributed by atoms with Crippen molar-refractivity contribution in [2.45, 2.75) is 24.9 Å². The molecule has 0 bridgehead atoms. The van der Waals surface area contributed by atoms with Gasteiger partial charge in [0.15, 0.2) is 4.96 Å². The number of carbonyl (C=O) groups excluding carboxylic acids is 1. The molecular weight excluding hydrogens is 340 g/mol. The molecule has 2 fully saturated rings. The van der Waals surface area contributed by atoms with Crippen LogP contribution < -0.4 is 0 Å². The summed E-state index contributed by atoms with van der Waals surface area (Å²) in [6, 6.07) is 0. The van der Waals surface area contributed by atoms with Crippen molar-refractivity contribution in [2.24, 2.45) is 0 Å². The Hall–Kier alpha value is -1.48. The van der Waals surface area contributed by atoms with E-state index in [1.165, 1.54) is 12.8 Å². The molecule has 7 nitrogen and oxygen atoms in total. The number of ether oxygens (including phenoxy) is 1. The van der Waals surface area contributed by atoms with Crippen molar-refractivity contribution in [1.29, 1.82) is 0 Å². The zero-order chi connectivity index (χ0) is 17.3. The van der Waals surface area contributed by atoms with Crippen molar-refractivity contribution in [3.05, 3.63) is 23.5 Å². The minimum absolute atomic E-state index is 0.00361. The Morgan fingerprint density at radius 1 is 1.36 bits per heavy atom. The number of hydrogen-bond donors (Lipinski definition) is 1. The van der Waals surface area contributed by atoms with Crippen molar-refractivity contribution < 1.29 is 14.6 Å². The minimum Gasteiger partial charge on any atom is -0.384 e. The molecule has 4 rings (SSSR count). The maximum atomic E-state index is 12.7. The Bertz CT molecular complexity index is 711. The number of fused-ring (bicyclic) bond motifs is 1. The van der Waals surface area contributed by atoms with E-state index in [1.54, 1.807) is 16.2 Å². The lowest BCUT2D eigenvalue weighted by Crippen LogP contribution is -2.53. The summed E-state index contributed by atoms with van der Waals surface area (Å²) in [7, 11) is 0. The third-order valence-corrected chi connectivity index (χ3v) is 5.68. The highest BCUT2D eigenvalue weighted by Gasteiger charge is 2.36. The van der Waals surface area contributed by atoms with E-state index in [9.17, 15) is 9.90 Å². The summed E-state index contributed by atoms with van der Waals surface area (Å²) >= 11 is 1.55. The predicted octanol–water partition coefficient (Wildman–Crippen LogP) is 0.624. The summed E-state index contributed by atoms with van der Waals surface area (Å²) in [6.45, 7) is 4.19. The molecule has 2 aromatic rings. The first-order valence-electron chi connectivity index (χ1n) is 8.83. The van der Waals surface area contributed by atoms with Gasteiger partial charge in [0.25, 0.3) is 0 Å². The zero-order valence-electron chi connectivity index (χ0n) is 14.3. The first kappa shape index (κ1) is 17.0. The fourth-order valence-electron chi connectivity index (χ4n) is 3.71. The molecule has 0 aliphatic carbocycles. The molecular formula is C17H24N4O3S. The number of hydrogen-bond acceptors (Lipinski definition) is 6. The van der Waals surface area contributed by atoms with Gasteiger partial charge >= 0.3 is 0 Å². The third-order valence-electron chi connectivity index (χ3n) is 4.91. The molecule has 0 aromatic carbocycles. The Balaban J connectivity index is 1.42. The molecule has 136 valence electrons. The van der Waals surface area contributed by atoms with Crippen LogP contribution in [-0.4, -0.2) is 81.7 Å². The van der Waals surface area contributed by atoms with Crippen LogP contribution in [0.3, 0.4) is 0 Å². The summed E-state index contributed by atoms with van der Waals surface area (Å²) in [5, 5.41) is 13.0. The van der Waals surface area contributed by atoms with Crippen molar-refractivity contribution in [3.8, 4) is 0 Å². The van der Waals surface area contributed by atoms with Gasteiger partial charge in [-0.05, 0) is 25.9 Å². The number of aliphatic hydroxyl groups is 1. The van der Waals surface area contributed by atoms with E-state index >= 15 is 0 Å². The lowest BCUT2D eigenvalue weighted by molar-refractivity contribution is -0.133. The number of rotatable bonds is 4. The number of carbonyl (C=O) groups is 1. The summed E-state index contributed by atoms with van der Waals surface area (Å²) in [5.41, 5.74) is -0.226. The smallest absolute Gasteiger partial charge is 0.228 e. The maximum Gasteiger partial charge on any atom is 0.228 e. The van der Waals surface area contributed by atoms with Crippen LogP contribution in [0.4, 0.5) is 0 Å². The van der Waals surface area contributed by atoms with Crippen LogP contribution in [0.5, 0.6) is 0 Å². The average Bonchev–Trinajstić information content (AvgIpc) is 3.25. The Labute approximate surface area is 150 Å². The Morgan fingerprint density at radius 3 is 3.00 bits per heavy atom. The van der Waals surface area contributed by atoms with Gasteiger partial charge in [-0.15, -0.1) is 11.3 Å². The molecule has 0 radical (unpaired) electrons. The van der Waals surface area contributed by atoms with Gasteiger partial charge in [-0.1, -0.05) is 0 Å². The van der Waals surface area contributed by atoms with E-state index in [-0.39, 0.29) is 18.9 Å². The van der Waals surface area contributed by atoms with Crippen molar-refractivity contribution in [2.75, 3.05) is 45.9 Å². The molecule has 2 saturated heterocycles. The van der Waals surface area contributed by atoms with Gasteiger partial charge in [0.2, 0.25) is 5.91 Å². The molecule has 2 aliphatic rings. The molecule has 0 unspecified atom stereocenters. The van der Waals surface area contributed by atoms with Crippen molar-refractivity contribution in [1.82, 2.24) is 19.2 Å². The minimum atomic E-state index is -0.995. The first-order chi connectivity index (χ1) is 12.1. The van der Waals surface area contributed by atoms with Gasteiger partial charge in [-0.3, -0.25) is 9.20 Å². The summed E-state index contributed by atoms with van der Waals surface area (Å²) in [5.74, 6) is -0.00361. The Kier molecular flexibility index (Phi) is 4.77. The van der Waals surface area contributed by atoms with E-state index in [1.807, 2.05) is 22.2 Å². The first-order valence-corrected chi connectivity index (χ1v) is 9.71. The highest BCUT2D eigenvalue weighted by molar-refractivity contribution is 7.15. The number of imidazole rings is 1. The third kappa shape index (κ3) is 3.87. The highest BCUT2D eigenvalue weighted by atomic mass is 32.1. The number of aromatic nitrogens is 2. The topological polar surface area (TPSA) is 70.3 Å². The van der Waals surface area contributed by atoms with E-state index in [0.29, 0.717) is 26.2 Å². The molecule has 8 heteroatoms. The van der Waals surface area contributed by atoms with Crippen LogP contribution in [-0.2, 0) is 16.0 Å². The van der Waals surface area contributed by atoms with Crippen LogP contribution in [0.1, 0.15) is 18.5 Å². The van der Waals surface area contributed by atoms with E-state index in [2.05, 4.69) is 9.88 Å². The van der Waals surface area contributed by atoms with E-state index < -0.39 is 5.60 Å². The SMILES string of the molecule is O=C(Cc1cn2ccsc2n1)N1CCOC[C@](O)(CN2CCCC2)C1. The average molecular weight is 364 g/mol. The maximum absolute atomic E-state index is 12.7. The molecule has 1 amide bonds. The van der Waals surface area contributed by atoms with Crippen LogP contribution in [0.2, 0.25) is 0 Å². The second-order valence-electron chi connectivity index (χ2n) is 7.08. The van der Waals surface area contributed by atoms with E-state index in [4.69, 9.17) is 4.74 Å². The summed E-state index contributed by atoms with van der Waals surface area (Å²) in [4.78, 5) is 22.1. The lowest BCUT2D eigenvalue weighted by atomic mass is 10.0. The largest absolute Gasteiger partial charge is 0.384 e. The highest BCUT2D eigenvalue weighted by Crippen LogP contribution is 2.19. The molecule has 1 N–H and O–H groups in total. The van der Waals surface area contributed by atoms with Crippen LogP contribution in [0.25, 0.3) is 4.96 Å². The van der Waals surface area contributed by atoms with Gasteiger partial charge in [0.1, 0.15) is 5.60 Å². The normalized spacial score (nSPS) is 25.6. The second kappa shape index (κ2) is 7.03. The lowest BCUT2D eigenvalue weighted by Gasteiger charge is -2.34. The fraction of sp³-hybridized carbons (Fsp3) is 0.647. The number of likely N-dealkylation sites (tertiary alicyclic amines) is 1. The summed E-state index contributed by atoms with van der Waals surface area (Å²) < 4.78 is 7.53. The number of amides is 1. The molecule has 4 heterocycles. The molecule has 0 saturated carbocycles. The molecule has 25 heavy (non-hydrogen) atoms. The van der Waals surface area contributed by atoms with Gasteiger partial charge in [0.05, 0.1) is 31.9 Å². The van der Waals surface area contributed by atoms with Crippen LogP contribution in [0, 0.1) is 0 Å². The number of nitrogens with zero attached hydrogens (tertiary/aromatic N) is 4. The quantitative estimate of drug-likeness (QED) is 0.861. The van der Waals surface area contributed by atoms with Gasteiger partial charge in [-0.2, -0.15) is 0 Å². The number of thiazole rings is 1. The van der Waals surface area contributed by atoms with Crippen molar-refractivity contribution in [3.63, 3.8) is 0 Å². The van der Waals surface area contributed by atoms with E-state index in [0.717, 1.165) is 23.7 Å². The van der Waals surface area contributed by atoms with Crippen molar-refractivity contribution >= 4 is 22.2 Å². The molecule has 1 atom stereocenters. The standard InChI is InChI=1S/C17H24N4O3S/c22-15(9-14-10-20-6-8-25-16(20)18-14)21-5-7-24-13-17(23,12-21)11-19-3-1-2-4-19/h6,8,10,23H,1-5,7,9,11-13H2/t17-/m0/s1. The van der Waals surface area contributed by atoms with Gasteiger partial charge in [-0.25, -0.2) is 4.98 Å². The number of β-amino-alcohol motifs (C(OH)–C–C–N with tert-alkyl or cyclic N) is 1. The fourth-order valence-corrected chi connectivity index (χ4v) is 4.43. The van der Waals surface area contributed by atoms with Gasteiger partial charge in [0, 0.05) is 30.9 Å². The van der Waals surface area contributed by atoms with Gasteiger partial charge < -0.3 is 19.6 Å². The predicted molar refractivity (Wildman–Crippen MR) is 94.8 cm³/mol. The summed E-state index contributed by atoms with van der Waals surface area (Å²) in [6.07, 6.45) is 6.45. The van der Waals surface area contributed by atoms with Crippen LogP contribution >= 0.6 is 11.3 Å². The molecule has 2 aliphatic heterocycles.